The Bertz CT molecular complexity index is 137. The summed E-state index contributed by atoms with van der Waals surface area (Å²) in [6, 6.07) is 0. The third kappa shape index (κ3) is 5.94. The molecule has 0 heterocycles. The van der Waals surface area contributed by atoms with Gasteiger partial charge in [-0.1, -0.05) is 6.42 Å². The van der Waals surface area contributed by atoms with Crippen LogP contribution in [0.2, 0.25) is 0 Å². The zero-order valence-electron chi connectivity index (χ0n) is 6.96. The largest absolute Gasteiger partial charge is 0.342 e. The minimum Gasteiger partial charge on any atom is -0.342 e. The van der Waals surface area contributed by atoms with E-state index in [0.29, 0.717) is 12.3 Å². The number of halogens is 3. The van der Waals surface area contributed by atoms with E-state index in [0.717, 1.165) is 12.8 Å². The Labute approximate surface area is 92.2 Å². The van der Waals surface area contributed by atoms with Gasteiger partial charge in [-0.3, -0.25) is 0 Å². The molecule has 0 saturated heterocycles. The second-order valence-corrected chi connectivity index (χ2v) is 4.20. The molecule has 13 heavy (non-hydrogen) atoms. The lowest BCUT2D eigenvalue weighted by atomic mass is 10.1. The summed E-state index contributed by atoms with van der Waals surface area (Å²) >= 11 is 16.6. The lowest BCUT2D eigenvalue weighted by molar-refractivity contribution is -0.311. The van der Waals surface area contributed by atoms with E-state index in [4.69, 9.17) is 50.1 Å². The summed E-state index contributed by atoms with van der Waals surface area (Å²) in [5.41, 5.74) is 0. The number of hydrogen-bond acceptors (Lipinski definition) is 3. The van der Waals surface area contributed by atoms with Crippen LogP contribution in [0.5, 0.6) is 0 Å². The molecule has 0 radical (unpaired) electrons. The van der Waals surface area contributed by atoms with Crippen LogP contribution in [0.25, 0.3) is 0 Å². The number of aliphatic hydroxyl groups is 3. The third-order valence-corrected chi connectivity index (χ3v) is 3.01. The molecule has 0 amide bonds. The minimum atomic E-state index is -2.92. The zero-order valence-corrected chi connectivity index (χ0v) is 9.23. The van der Waals surface area contributed by atoms with Crippen LogP contribution in [0.3, 0.4) is 0 Å². The molecule has 0 aromatic rings. The van der Waals surface area contributed by atoms with Crippen LogP contribution in [0.4, 0.5) is 0 Å². The highest BCUT2D eigenvalue weighted by Gasteiger charge is 2.35. The van der Waals surface area contributed by atoms with Crippen molar-refractivity contribution in [3.63, 3.8) is 0 Å². The van der Waals surface area contributed by atoms with Gasteiger partial charge in [0.1, 0.15) is 5.38 Å². The van der Waals surface area contributed by atoms with Gasteiger partial charge in [0, 0.05) is 5.88 Å². The first-order chi connectivity index (χ1) is 5.89. The Balaban J connectivity index is 3.76. The molecule has 0 aromatic heterocycles. The molecule has 80 valence electrons. The quantitative estimate of drug-likeness (QED) is 0.378. The molecule has 0 spiro atoms. The fraction of sp³-hybridized carbons (Fsp3) is 1.00. The minimum absolute atomic E-state index is 0.478. The molecule has 0 aliphatic carbocycles. The molecular weight excluding hydrogens is 238 g/mol. The van der Waals surface area contributed by atoms with Crippen molar-refractivity contribution >= 4 is 34.8 Å². The average Bonchev–Trinajstić information content (AvgIpc) is 2.01. The van der Waals surface area contributed by atoms with E-state index in [1.807, 2.05) is 0 Å². The summed E-state index contributed by atoms with van der Waals surface area (Å²) in [6.07, 6.45) is 1.99. The average molecular weight is 252 g/mol. The van der Waals surface area contributed by atoms with Crippen molar-refractivity contribution in [2.75, 3.05) is 5.88 Å². The van der Waals surface area contributed by atoms with Gasteiger partial charge in [-0.05, 0) is 12.8 Å². The van der Waals surface area contributed by atoms with E-state index < -0.39 is 16.7 Å². The maximum absolute atomic E-state index is 8.68. The standard InChI is InChI=1S/C7H13Cl3O3/c8-4-2-1-3-5(9)6(10)7(11,12)13/h5-6,11-13H,1-4H2. The zero-order chi connectivity index (χ0) is 10.5. The van der Waals surface area contributed by atoms with Crippen molar-refractivity contribution in [3.8, 4) is 0 Å². The Morgan fingerprint density at radius 3 is 2.00 bits per heavy atom. The van der Waals surface area contributed by atoms with Crippen molar-refractivity contribution in [1.29, 1.82) is 0 Å². The van der Waals surface area contributed by atoms with Gasteiger partial charge in [0.15, 0.2) is 0 Å². The van der Waals surface area contributed by atoms with Crippen LogP contribution in [0, 0.1) is 0 Å². The summed E-state index contributed by atoms with van der Waals surface area (Å²) in [5, 5.41) is 24.1. The highest BCUT2D eigenvalue weighted by atomic mass is 35.5. The predicted octanol–water partition coefficient (Wildman–Crippen LogP) is 1.24. The molecular formula is C7H13Cl3O3. The van der Waals surface area contributed by atoms with E-state index in [1.165, 1.54) is 0 Å². The highest BCUT2D eigenvalue weighted by Crippen LogP contribution is 2.23. The van der Waals surface area contributed by atoms with Crippen LogP contribution < -0.4 is 0 Å². The van der Waals surface area contributed by atoms with Gasteiger partial charge in [-0.2, -0.15) is 0 Å². The first kappa shape index (κ1) is 13.8. The molecule has 3 nitrogen and oxygen atoms in total. The second kappa shape index (κ2) is 6.27. The van der Waals surface area contributed by atoms with Crippen molar-refractivity contribution in [1.82, 2.24) is 0 Å². The second-order valence-electron chi connectivity index (χ2n) is 2.79. The molecule has 0 saturated carbocycles. The van der Waals surface area contributed by atoms with Crippen molar-refractivity contribution < 1.29 is 15.3 Å². The topological polar surface area (TPSA) is 60.7 Å². The Morgan fingerprint density at radius 1 is 1.08 bits per heavy atom. The number of alkyl halides is 3. The highest BCUT2D eigenvalue weighted by molar-refractivity contribution is 6.30. The van der Waals surface area contributed by atoms with Gasteiger partial charge >= 0.3 is 0 Å². The lowest BCUT2D eigenvalue weighted by Crippen LogP contribution is -2.43. The summed E-state index contributed by atoms with van der Waals surface area (Å²) in [6.45, 7) is 0. The molecule has 0 rings (SSSR count). The van der Waals surface area contributed by atoms with Crippen molar-refractivity contribution in [3.05, 3.63) is 0 Å². The summed E-state index contributed by atoms with van der Waals surface area (Å²) < 4.78 is 0. The van der Waals surface area contributed by atoms with Gasteiger partial charge in [0.05, 0.1) is 5.38 Å². The molecule has 2 unspecified atom stereocenters. The normalized spacial score (nSPS) is 17.1. The van der Waals surface area contributed by atoms with Crippen LogP contribution >= 0.6 is 34.8 Å². The Hall–Kier alpha value is 0.750. The molecule has 0 fully saturated rings. The fourth-order valence-corrected chi connectivity index (χ4v) is 1.46. The van der Waals surface area contributed by atoms with E-state index in [-0.39, 0.29) is 0 Å². The maximum atomic E-state index is 8.68. The van der Waals surface area contributed by atoms with E-state index in [2.05, 4.69) is 0 Å². The molecule has 3 N–H and O–H groups in total. The van der Waals surface area contributed by atoms with Crippen LogP contribution in [-0.4, -0.2) is 37.9 Å². The van der Waals surface area contributed by atoms with Crippen LogP contribution in [-0.2, 0) is 0 Å². The van der Waals surface area contributed by atoms with E-state index in [1.54, 1.807) is 0 Å². The molecule has 0 aliphatic rings. The summed E-state index contributed by atoms with van der Waals surface area (Å²) in [4.78, 5) is 0. The molecule has 0 bridgehead atoms. The monoisotopic (exact) mass is 250 g/mol. The lowest BCUT2D eigenvalue weighted by Gasteiger charge is -2.24. The fourth-order valence-electron chi connectivity index (χ4n) is 0.823. The number of unbranched alkanes of at least 4 members (excludes halogenated alkanes) is 1. The predicted molar refractivity (Wildman–Crippen MR) is 53.2 cm³/mol. The number of hydrogen-bond donors (Lipinski definition) is 3. The van der Waals surface area contributed by atoms with Crippen LogP contribution in [0.15, 0.2) is 0 Å². The smallest absolute Gasteiger partial charge is 0.294 e. The van der Waals surface area contributed by atoms with Crippen molar-refractivity contribution in [2.24, 2.45) is 0 Å². The molecule has 2 atom stereocenters. The van der Waals surface area contributed by atoms with Gasteiger partial charge in [0.2, 0.25) is 0 Å². The Morgan fingerprint density at radius 2 is 1.62 bits per heavy atom. The van der Waals surface area contributed by atoms with Gasteiger partial charge in [-0.15, -0.1) is 34.8 Å². The SMILES string of the molecule is OC(O)(O)C(Cl)C(Cl)CCCCCl. The molecule has 0 aliphatic heterocycles. The molecule has 6 heteroatoms. The van der Waals surface area contributed by atoms with Crippen molar-refractivity contribution in [2.45, 2.75) is 36.0 Å². The summed E-state index contributed by atoms with van der Waals surface area (Å²) in [7, 11) is 0. The maximum Gasteiger partial charge on any atom is 0.294 e. The van der Waals surface area contributed by atoms with E-state index >= 15 is 0 Å². The first-order valence-corrected chi connectivity index (χ1v) is 5.31. The van der Waals surface area contributed by atoms with Gasteiger partial charge < -0.3 is 15.3 Å². The molecule has 0 aromatic carbocycles. The number of rotatable bonds is 6. The van der Waals surface area contributed by atoms with E-state index in [9.17, 15) is 0 Å². The van der Waals surface area contributed by atoms with Crippen LogP contribution in [0.1, 0.15) is 19.3 Å². The van der Waals surface area contributed by atoms with Gasteiger partial charge in [0.25, 0.3) is 5.97 Å². The Kier molecular flexibility index (Phi) is 6.64. The summed E-state index contributed by atoms with van der Waals surface area (Å²) in [5.74, 6) is -2.39. The third-order valence-electron chi connectivity index (χ3n) is 1.55. The first-order valence-electron chi connectivity index (χ1n) is 3.90. The van der Waals surface area contributed by atoms with Gasteiger partial charge in [-0.25, -0.2) is 0 Å².